The van der Waals surface area contributed by atoms with Crippen molar-refractivity contribution in [1.82, 2.24) is 10.5 Å². The molecule has 104 valence electrons. The molecule has 1 aromatic heterocycles. The standard InChI is InChI=1S/C13H11FN2O4/c14-10-3-8(12-9(4-10)6-18-7-19-12)5-15-13(17)11-1-2-16-20-11/h1-4H,5-7H2,(H,15,17). The molecule has 0 atom stereocenters. The van der Waals surface area contributed by atoms with Gasteiger partial charge in [0.2, 0.25) is 5.76 Å². The number of hydrogen-bond acceptors (Lipinski definition) is 5. The molecule has 20 heavy (non-hydrogen) atoms. The van der Waals surface area contributed by atoms with Crippen molar-refractivity contribution in [3.8, 4) is 5.75 Å². The molecule has 1 N–H and O–H groups in total. The van der Waals surface area contributed by atoms with Crippen molar-refractivity contribution in [1.29, 1.82) is 0 Å². The molecule has 0 fully saturated rings. The summed E-state index contributed by atoms with van der Waals surface area (Å²) in [7, 11) is 0. The number of carbonyl (C=O) groups excluding carboxylic acids is 1. The maximum absolute atomic E-state index is 13.5. The number of fused-ring (bicyclic) bond motifs is 1. The number of rotatable bonds is 3. The van der Waals surface area contributed by atoms with Gasteiger partial charge in [-0.05, 0) is 12.1 Å². The van der Waals surface area contributed by atoms with E-state index in [9.17, 15) is 9.18 Å². The molecule has 2 aromatic rings. The summed E-state index contributed by atoms with van der Waals surface area (Å²) < 4.78 is 28.7. The van der Waals surface area contributed by atoms with Crippen LogP contribution in [0.2, 0.25) is 0 Å². The fourth-order valence-corrected chi connectivity index (χ4v) is 1.98. The molecule has 1 amide bonds. The Morgan fingerprint density at radius 3 is 3.15 bits per heavy atom. The van der Waals surface area contributed by atoms with E-state index in [1.54, 1.807) is 0 Å². The molecular formula is C13H11FN2O4. The smallest absolute Gasteiger partial charge is 0.290 e. The van der Waals surface area contributed by atoms with Crippen molar-refractivity contribution in [2.24, 2.45) is 0 Å². The summed E-state index contributed by atoms with van der Waals surface area (Å²) in [6, 6.07) is 4.13. The minimum atomic E-state index is -0.424. The van der Waals surface area contributed by atoms with Gasteiger partial charge in [0, 0.05) is 23.7 Å². The first-order valence-electron chi connectivity index (χ1n) is 5.95. The summed E-state index contributed by atoms with van der Waals surface area (Å²) in [5.74, 6) is -0.177. The highest BCUT2D eigenvalue weighted by Gasteiger charge is 2.18. The topological polar surface area (TPSA) is 73.6 Å². The van der Waals surface area contributed by atoms with Crippen LogP contribution in [-0.4, -0.2) is 17.9 Å². The van der Waals surface area contributed by atoms with Gasteiger partial charge in [0.1, 0.15) is 11.6 Å². The monoisotopic (exact) mass is 278 g/mol. The number of halogens is 1. The van der Waals surface area contributed by atoms with Gasteiger partial charge in [-0.15, -0.1) is 0 Å². The summed E-state index contributed by atoms with van der Waals surface area (Å²) >= 11 is 0. The van der Waals surface area contributed by atoms with Crippen LogP contribution in [-0.2, 0) is 17.9 Å². The number of benzene rings is 1. The van der Waals surface area contributed by atoms with Gasteiger partial charge in [-0.25, -0.2) is 4.39 Å². The third-order valence-electron chi connectivity index (χ3n) is 2.85. The van der Waals surface area contributed by atoms with E-state index in [0.29, 0.717) is 16.9 Å². The van der Waals surface area contributed by atoms with Crippen LogP contribution in [0.1, 0.15) is 21.7 Å². The zero-order valence-corrected chi connectivity index (χ0v) is 10.4. The van der Waals surface area contributed by atoms with Gasteiger partial charge in [0.15, 0.2) is 6.79 Å². The van der Waals surface area contributed by atoms with E-state index in [4.69, 9.17) is 14.0 Å². The first-order valence-corrected chi connectivity index (χ1v) is 5.95. The van der Waals surface area contributed by atoms with Gasteiger partial charge in [-0.3, -0.25) is 4.79 Å². The highest BCUT2D eigenvalue weighted by atomic mass is 19.1. The van der Waals surface area contributed by atoms with E-state index in [1.165, 1.54) is 24.4 Å². The second-order valence-electron chi connectivity index (χ2n) is 4.22. The van der Waals surface area contributed by atoms with E-state index in [2.05, 4.69) is 10.5 Å². The Labute approximate surface area is 113 Å². The molecule has 0 saturated carbocycles. The molecule has 1 aliphatic rings. The third-order valence-corrected chi connectivity index (χ3v) is 2.85. The number of ether oxygens (including phenoxy) is 2. The quantitative estimate of drug-likeness (QED) is 0.923. The lowest BCUT2D eigenvalue weighted by atomic mass is 10.1. The molecule has 6 nitrogen and oxygen atoms in total. The highest BCUT2D eigenvalue weighted by molar-refractivity contribution is 5.91. The fraction of sp³-hybridized carbons (Fsp3) is 0.231. The van der Waals surface area contributed by atoms with Crippen LogP contribution in [0.5, 0.6) is 5.75 Å². The summed E-state index contributed by atoms with van der Waals surface area (Å²) in [5.41, 5.74) is 1.18. The van der Waals surface area contributed by atoms with Crippen LogP contribution >= 0.6 is 0 Å². The van der Waals surface area contributed by atoms with E-state index >= 15 is 0 Å². The van der Waals surface area contributed by atoms with Crippen LogP contribution in [0.3, 0.4) is 0 Å². The van der Waals surface area contributed by atoms with E-state index in [1.807, 2.05) is 0 Å². The zero-order chi connectivity index (χ0) is 13.9. The van der Waals surface area contributed by atoms with E-state index in [0.717, 1.165) is 0 Å². The largest absolute Gasteiger partial charge is 0.467 e. The highest BCUT2D eigenvalue weighted by Crippen LogP contribution is 2.29. The lowest BCUT2D eigenvalue weighted by molar-refractivity contribution is -0.0173. The van der Waals surface area contributed by atoms with Crippen LogP contribution in [0.15, 0.2) is 28.9 Å². The van der Waals surface area contributed by atoms with Gasteiger partial charge in [0.25, 0.3) is 5.91 Å². The van der Waals surface area contributed by atoms with Gasteiger partial charge in [-0.1, -0.05) is 5.16 Å². The van der Waals surface area contributed by atoms with E-state index in [-0.39, 0.29) is 25.7 Å². The Balaban J connectivity index is 1.77. The molecule has 0 radical (unpaired) electrons. The molecular weight excluding hydrogens is 267 g/mol. The number of amides is 1. The third kappa shape index (κ3) is 2.48. The van der Waals surface area contributed by atoms with Gasteiger partial charge < -0.3 is 19.3 Å². The average molecular weight is 278 g/mol. The summed E-state index contributed by atoms with van der Waals surface area (Å²) in [6.45, 7) is 0.525. The lowest BCUT2D eigenvalue weighted by Gasteiger charge is -2.20. The van der Waals surface area contributed by atoms with Crippen LogP contribution in [0.25, 0.3) is 0 Å². The lowest BCUT2D eigenvalue weighted by Crippen LogP contribution is -2.24. The Morgan fingerprint density at radius 1 is 1.45 bits per heavy atom. The predicted molar refractivity (Wildman–Crippen MR) is 64.4 cm³/mol. The van der Waals surface area contributed by atoms with Crippen LogP contribution in [0, 0.1) is 5.82 Å². The predicted octanol–water partition coefficient (Wildman–Crippen LogP) is 1.61. The SMILES string of the molecule is O=C(NCc1cc(F)cc2c1OCOC2)c1ccno1. The number of nitrogens with one attached hydrogen (secondary N) is 1. The van der Waals surface area contributed by atoms with Crippen molar-refractivity contribution >= 4 is 5.91 Å². The van der Waals surface area contributed by atoms with Crippen molar-refractivity contribution in [2.45, 2.75) is 13.2 Å². The van der Waals surface area contributed by atoms with Gasteiger partial charge >= 0.3 is 0 Å². The van der Waals surface area contributed by atoms with Crippen LogP contribution in [0.4, 0.5) is 4.39 Å². The average Bonchev–Trinajstić information content (AvgIpc) is 2.98. The molecule has 0 unspecified atom stereocenters. The Bertz CT molecular complexity index is 628. The van der Waals surface area contributed by atoms with Gasteiger partial charge in [-0.2, -0.15) is 0 Å². The second kappa shape index (κ2) is 5.30. The van der Waals surface area contributed by atoms with Crippen molar-refractivity contribution < 1.29 is 23.2 Å². The van der Waals surface area contributed by atoms with Gasteiger partial charge in [0.05, 0.1) is 12.8 Å². The number of carbonyl (C=O) groups is 1. The summed E-state index contributed by atoms with van der Waals surface area (Å²) in [4.78, 5) is 11.7. The minimum Gasteiger partial charge on any atom is -0.467 e. The number of hydrogen-bond donors (Lipinski definition) is 1. The Morgan fingerprint density at radius 2 is 2.35 bits per heavy atom. The molecule has 0 bridgehead atoms. The molecule has 1 aromatic carbocycles. The molecule has 2 heterocycles. The normalized spacial score (nSPS) is 13.4. The Hall–Kier alpha value is -2.41. The molecule has 3 rings (SSSR count). The van der Waals surface area contributed by atoms with Crippen molar-refractivity contribution in [3.63, 3.8) is 0 Å². The minimum absolute atomic E-state index is 0.0968. The molecule has 0 aliphatic carbocycles. The fourth-order valence-electron chi connectivity index (χ4n) is 1.98. The first-order chi connectivity index (χ1) is 9.74. The maximum atomic E-state index is 13.5. The molecule has 0 spiro atoms. The van der Waals surface area contributed by atoms with E-state index < -0.39 is 11.7 Å². The zero-order valence-electron chi connectivity index (χ0n) is 10.4. The molecule has 7 heteroatoms. The molecule has 1 aliphatic heterocycles. The summed E-state index contributed by atoms with van der Waals surface area (Å²) in [6.07, 6.45) is 1.37. The Kier molecular flexibility index (Phi) is 3.34. The second-order valence-corrected chi connectivity index (χ2v) is 4.22. The van der Waals surface area contributed by atoms with Crippen molar-refractivity contribution in [3.05, 3.63) is 47.1 Å². The van der Waals surface area contributed by atoms with Crippen molar-refractivity contribution in [2.75, 3.05) is 6.79 Å². The summed E-state index contributed by atoms with van der Waals surface area (Å²) in [5, 5.41) is 6.06. The first kappa shape index (κ1) is 12.6. The number of aromatic nitrogens is 1. The molecule has 0 saturated heterocycles. The maximum Gasteiger partial charge on any atom is 0.290 e. The number of nitrogens with zero attached hydrogens (tertiary/aromatic N) is 1. The van der Waals surface area contributed by atoms with Crippen LogP contribution < -0.4 is 10.1 Å².